The van der Waals surface area contributed by atoms with Gasteiger partial charge in [0.1, 0.15) is 22.7 Å². The maximum atomic E-state index is 13.8. The first kappa shape index (κ1) is 16.0. The van der Waals surface area contributed by atoms with Crippen molar-refractivity contribution in [2.45, 2.75) is 6.92 Å². The standard InChI is InChI=1S/C19H12F2N2S/c1-12-5-7-13(8-6-12)18-11-24-19(23-18)14(10-22)9-15-16(20)3-2-4-17(15)21/h2-9,11H,1H3/b14-9+. The SMILES string of the molecule is Cc1ccc(-c2csc(/C(C#N)=C/c3c(F)cccc3F)n2)cc1. The summed E-state index contributed by atoms with van der Waals surface area (Å²) in [5, 5.41) is 11.6. The van der Waals surface area contributed by atoms with E-state index in [2.05, 4.69) is 4.98 Å². The fourth-order valence-corrected chi connectivity index (χ4v) is 2.98. The predicted molar refractivity (Wildman–Crippen MR) is 92.1 cm³/mol. The van der Waals surface area contributed by atoms with Gasteiger partial charge in [-0.25, -0.2) is 13.8 Å². The van der Waals surface area contributed by atoms with Crippen LogP contribution in [0.4, 0.5) is 8.78 Å². The fourth-order valence-electron chi connectivity index (χ4n) is 2.19. The minimum atomic E-state index is -0.710. The molecule has 2 nitrogen and oxygen atoms in total. The Bertz CT molecular complexity index is 930. The van der Waals surface area contributed by atoms with E-state index >= 15 is 0 Å². The van der Waals surface area contributed by atoms with E-state index < -0.39 is 11.6 Å². The molecule has 0 aliphatic carbocycles. The summed E-state index contributed by atoms with van der Waals surface area (Å²) in [5.41, 5.74) is 2.69. The van der Waals surface area contributed by atoms with Crippen LogP contribution in [-0.4, -0.2) is 4.98 Å². The quantitative estimate of drug-likeness (QED) is 0.595. The summed E-state index contributed by atoms with van der Waals surface area (Å²) < 4.78 is 27.5. The van der Waals surface area contributed by atoms with Gasteiger partial charge in [0.2, 0.25) is 0 Å². The highest BCUT2D eigenvalue weighted by atomic mass is 32.1. The lowest BCUT2D eigenvalue weighted by Gasteiger charge is -2.00. The van der Waals surface area contributed by atoms with E-state index in [1.165, 1.54) is 23.5 Å². The van der Waals surface area contributed by atoms with Gasteiger partial charge in [0.05, 0.1) is 11.3 Å². The molecule has 0 N–H and O–H groups in total. The van der Waals surface area contributed by atoms with Crippen molar-refractivity contribution in [2.75, 3.05) is 0 Å². The van der Waals surface area contributed by atoms with Gasteiger partial charge in [0.15, 0.2) is 0 Å². The fraction of sp³-hybridized carbons (Fsp3) is 0.0526. The number of hydrogen-bond donors (Lipinski definition) is 0. The van der Waals surface area contributed by atoms with Gasteiger partial charge >= 0.3 is 0 Å². The van der Waals surface area contributed by atoms with Crippen LogP contribution >= 0.6 is 11.3 Å². The van der Waals surface area contributed by atoms with Gasteiger partial charge in [-0.05, 0) is 25.1 Å². The van der Waals surface area contributed by atoms with E-state index in [1.807, 2.05) is 42.6 Å². The molecule has 0 aliphatic heterocycles. The highest BCUT2D eigenvalue weighted by molar-refractivity contribution is 7.11. The van der Waals surface area contributed by atoms with Crippen LogP contribution in [0.25, 0.3) is 22.9 Å². The molecule has 0 amide bonds. The predicted octanol–water partition coefficient (Wildman–Crippen LogP) is 5.46. The summed E-state index contributed by atoms with van der Waals surface area (Å²) in [6.45, 7) is 2.00. The van der Waals surface area contributed by atoms with Crippen molar-refractivity contribution in [1.82, 2.24) is 4.98 Å². The Labute approximate surface area is 142 Å². The third kappa shape index (κ3) is 3.24. The Balaban J connectivity index is 2.00. The lowest BCUT2D eigenvalue weighted by Crippen LogP contribution is -1.90. The molecule has 0 saturated heterocycles. The molecule has 0 radical (unpaired) electrons. The Hall–Kier alpha value is -2.84. The summed E-state index contributed by atoms with van der Waals surface area (Å²) in [5.74, 6) is -1.42. The first-order chi connectivity index (χ1) is 11.6. The van der Waals surface area contributed by atoms with Crippen molar-refractivity contribution >= 4 is 23.0 Å². The number of aryl methyl sites for hydroxylation is 1. The van der Waals surface area contributed by atoms with E-state index in [1.54, 1.807) is 0 Å². The zero-order chi connectivity index (χ0) is 17.1. The van der Waals surface area contributed by atoms with Crippen molar-refractivity contribution in [2.24, 2.45) is 0 Å². The van der Waals surface area contributed by atoms with Crippen molar-refractivity contribution in [1.29, 1.82) is 5.26 Å². The number of halogens is 2. The number of nitriles is 1. The van der Waals surface area contributed by atoms with Crippen LogP contribution in [0.15, 0.2) is 47.8 Å². The smallest absolute Gasteiger partial charge is 0.134 e. The average Bonchev–Trinajstić information content (AvgIpc) is 3.05. The average molecular weight is 338 g/mol. The lowest BCUT2D eigenvalue weighted by atomic mass is 10.1. The topological polar surface area (TPSA) is 36.7 Å². The van der Waals surface area contributed by atoms with Gasteiger partial charge in [-0.1, -0.05) is 35.9 Å². The largest absolute Gasteiger partial charge is 0.235 e. The minimum Gasteiger partial charge on any atom is -0.235 e. The number of rotatable bonds is 3. The van der Waals surface area contributed by atoms with E-state index in [0.717, 1.165) is 29.0 Å². The molecule has 3 rings (SSSR count). The van der Waals surface area contributed by atoms with Gasteiger partial charge in [-0.3, -0.25) is 0 Å². The molecule has 1 heterocycles. The Morgan fingerprint density at radius 3 is 2.42 bits per heavy atom. The molecule has 3 aromatic rings. The van der Waals surface area contributed by atoms with Crippen LogP contribution in [0, 0.1) is 29.9 Å². The zero-order valence-corrected chi connectivity index (χ0v) is 13.6. The van der Waals surface area contributed by atoms with Crippen LogP contribution in [0.1, 0.15) is 16.1 Å². The van der Waals surface area contributed by atoms with Crippen LogP contribution < -0.4 is 0 Å². The van der Waals surface area contributed by atoms with Crippen LogP contribution in [0.2, 0.25) is 0 Å². The normalized spacial score (nSPS) is 11.3. The highest BCUT2D eigenvalue weighted by Crippen LogP contribution is 2.28. The van der Waals surface area contributed by atoms with Crippen molar-refractivity contribution in [3.05, 3.63) is 75.6 Å². The maximum Gasteiger partial charge on any atom is 0.134 e. The molecule has 0 fully saturated rings. The number of benzene rings is 2. The van der Waals surface area contributed by atoms with E-state index in [0.29, 0.717) is 5.01 Å². The highest BCUT2D eigenvalue weighted by Gasteiger charge is 2.12. The minimum absolute atomic E-state index is 0.127. The van der Waals surface area contributed by atoms with Gasteiger partial charge in [-0.2, -0.15) is 5.26 Å². The molecule has 0 unspecified atom stereocenters. The maximum absolute atomic E-state index is 13.8. The first-order valence-electron chi connectivity index (χ1n) is 7.17. The summed E-state index contributed by atoms with van der Waals surface area (Å²) in [4.78, 5) is 4.42. The second-order valence-corrected chi connectivity index (χ2v) is 6.07. The molecule has 2 aromatic carbocycles. The van der Waals surface area contributed by atoms with Gasteiger partial charge in [0.25, 0.3) is 0 Å². The molecule has 0 saturated carbocycles. The third-order valence-corrected chi connectivity index (χ3v) is 4.37. The number of hydrogen-bond acceptors (Lipinski definition) is 3. The van der Waals surface area contributed by atoms with Crippen LogP contribution in [0.3, 0.4) is 0 Å². The zero-order valence-electron chi connectivity index (χ0n) is 12.8. The summed E-state index contributed by atoms with van der Waals surface area (Å²) in [6.07, 6.45) is 1.20. The summed E-state index contributed by atoms with van der Waals surface area (Å²) in [7, 11) is 0. The second kappa shape index (κ2) is 6.73. The van der Waals surface area contributed by atoms with E-state index in [-0.39, 0.29) is 11.1 Å². The van der Waals surface area contributed by atoms with Crippen LogP contribution in [0.5, 0.6) is 0 Å². The number of nitrogens with zero attached hydrogens (tertiary/aromatic N) is 2. The van der Waals surface area contributed by atoms with E-state index in [4.69, 9.17) is 0 Å². The molecule has 0 atom stereocenters. The van der Waals surface area contributed by atoms with E-state index in [9.17, 15) is 14.0 Å². The van der Waals surface area contributed by atoms with Crippen molar-refractivity contribution in [3.63, 3.8) is 0 Å². The van der Waals surface area contributed by atoms with Crippen molar-refractivity contribution < 1.29 is 8.78 Å². The second-order valence-electron chi connectivity index (χ2n) is 5.21. The van der Waals surface area contributed by atoms with Gasteiger partial charge in [-0.15, -0.1) is 11.3 Å². The van der Waals surface area contributed by atoms with Crippen LogP contribution in [-0.2, 0) is 0 Å². The summed E-state index contributed by atoms with van der Waals surface area (Å²) in [6, 6.07) is 13.4. The lowest BCUT2D eigenvalue weighted by molar-refractivity contribution is 0.579. The molecule has 0 spiro atoms. The van der Waals surface area contributed by atoms with Gasteiger partial charge in [0, 0.05) is 16.5 Å². The first-order valence-corrected chi connectivity index (χ1v) is 8.05. The number of aromatic nitrogens is 1. The molecule has 118 valence electrons. The monoisotopic (exact) mass is 338 g/mol. The molecule has 1 aromatic heterocycles. The molecular weight excluding hydrogens is 326 g/mol. The molecule has 24 heavy (non-hydrogen) atoms. The van der Waals surface area contributed by atoms with Crippen molar-refractivity contribution in [3.8, 4) is 17.3 Å². The third-order valence-electron chi connectivity index (χ3n) is 3.49. The molecular formula is C19H12F2N2S. The Kier molecular flexibility index (Phi) is 4.50. The number of allylic oxidation sites excluding steroid dienone is 1. The molecule has 5 heteroatoms. The Morgan fingerprint density at radius 1 is 1.12 bits per heavy atom. The molecule has 0 aliphatic rings. The Morgan fingerprint density at radius 2 is 1.79 bits per heavy atom. The summed E-state index contributed by atoms with van der Waals surface area (Å²) >= 11 is 1.27. The van der Waals surface area contributed by atoms with Gasteiger partial charge < -0.3 is 0 Å². The number of thiazole rings is 1. The molecule has 0 bridgehead atoms.